The van der Waals surface area contributed by atoms with Crippen LogP contribution in [0, 0.1) is 6.92 Å². The largest absolute Gasteiger partial charge is 0.489 e. The molecule has 0 saturated carbocycles. The summed E-state index contributed by atoms with van der Waals surface area (Å²) in [7, 11) is 1.58. The number of rotatable bonds is 7. The molecule has 0 aliphatic carbocycles. The second kappa shape index (κ2) is 9.58. The zero-order chi connectivity index (χ0) is 18.9. The normalized spacial score (nSPS) is 11.5. The summed E-state index contributed by atoms with van der Waals surface area (Å²) in [4.78, 5) is 24.4. The van der Waals surface area contributed by atoms with Gasteiger partial charge in [0.15, 0.2) is 0 Å². The van der Waals surface area contributed by atoms with Crippen LogP contribution in [0.2, 0.25) is 0 Å². The van der Waals surface area contributed by atoms with Gasteiger partial charge in [0, 0.05) is 7.11 Å². The highest BCUT2D eigenvalue weighted by atomic mass is 16.5. The Kier molecular flexibility index (Phi) is 7.17. The molecular weight excluding hydrogens is 332 g/mol. The van der Waals surface area contributed by atoms with Crippen LogP contribution in [0.1, 0.15) is 24.1 Å². The van der Waals surface area contributed by atoms with E-state index in [1.54, 1.807) is 31.4 Å². The minimum Gasteiger partial charge on any atom is -0.489 e. The van der Waals surface area contributed by atoms with Crippen LogP contribution in [0.5, 0.6) is 5.75 Å². The quantitative estimate of drug-likeness (QED) is 0.591. The van der Waals surface area contributed by atoms with Crippen LogP contribution < -0.4 is 15.4 Å². The van der Waals surface area contributed by atoms with Crippen molar-refractivity contribution in [3.8, 4) is 5.75 Å². The first kappa shape index (κ1) is 19.5. The number of para-hydroxylation sites is 2. The van der Waals surface area contributed by atoms with Gasteiger partial charge in [-0.1, -0.05) is 42.0 Å². The first-order chi connectivity index (χ1) is 12.5. The van der Waals surface area contributed by atoms with Gasteiger partial charge in [0.25, 0.3) is 0 Å². The highest BCUT2D eigenvalue weighted by Crippen LogP contribution is 2.23. The Bertz CT molecular complexity index is 744. The maximum absolute atomic E-state index is 12.2. The zero-order valence-electron chi connectivity index (χ0n) is 15.2. The van der Waals surface area contributed by atoms with E-state index in [2.05, 4.69) is 10.6 Å². The third kappa shape index (κ3) is 5.60. The minimum atomic E-state index is -0.744. The highest BCUT2D eigenvalue weighted by Gasteiger charge is 2.18. The molecule has 1 atom stereocenters. The standard InChI is InChI=1S/C20H24N2O4/c1-14-8-10-16(11-9-14)15(2)21-19(23)20(24)22-17-6-4-5-7-18(17)26-13-12-25-3/h4-11,15H,12-13H2,1-3H3,(H,21,23)(H,22,24). The number of benzene rings is 2. The number of aryl methyl sites for hydroxylation is 1. The molecule has 2 rings (SSSR count). The zero-order valence-corrected chi connectivity index (χ0v) is 15.2. The molecule has 2 N–H and O–H groups in total. The summed E-state index contributed by atoms with van der Waals surface area (Å²) in [5.41, 5.74) is 2.50. The molecule has 1 unspecified atom stereocenters. The summed E-state index contributed by atoms with van der Waals surface area (Å²) in [6, 6.07) is 14.4. The monoisotopic (exact) mass is 356 g/mol. The number of carbonyl (C=O) groups is 2. The molecule has 2 aromatic rings. The van der Waals surface area contributed by atoms with E-state index in [0.717, 1.165) is 11.1 Å². The SMILES string of the molecule is COCCOc1ccccc1NC(=O)C(=O)NC(C)c1ccc(C)cc1. The van der Waals surface area contributed by atoms with Gasteiger partial charge < -0.3 is 20.1 Å². The highest BCUT2D eigenvalue weighted by molar-refractivity contribution is 6.39. The van der Waals surface area contributed by atoms with Crippen molar-refractivity contribution in [2.24, 2.45) is 0 Å². The molecule has 6 heteroatoms. The number of hydrogen-bond donors (Lipinski definition) is 2. The maximum Gasteiger partial charge on any atom is 0.313 e. The second-order valence-corrected chi connectivity index (χ2v) is 5.90. The van der Waals surface area contributed by atoms with Crippen molar-refractivity contribution in [2.75, 3.05) is 25.6 Å². The predicted molar refractivity (Wildman–Crippen MR) is 100 cm³/mol. The predicted octanol–water partition coefficient (Wildman–Crippen LogP) is 2.84. The minimum absolute atomic E-state index is 0.276. The molecule has 0 aliphatic rings. The van der Waals surface area contributed by atoms with Gasteiger partial charge in [0.05, 0.1) is 18.3 Å². The van der Waals surface area contributed by atoms with Gasteiger partial charge in [-0.25, -0.2) is 0 Å². The van der Waals surface area contributed by atoms with Crippen LogP contribution in [-0.2, 0) is 14.3 Å². The molecule has 2 aromatic carbocycles. The van der Waals surface area contributed by atoms with E-state index in [1.165, 1.54) is 0 Å². The fourth-order valence-corrected chi connectivity index (χ4v) is 2.31. The average molecular weight is 356 g/mol. The van der Waals surface area contributed by atoms with E-state index >= 15 is 0 Å². The number of nitrogens with one attached hydrogen (secondary N) is 2. The molecule has 2 amide bonds. The number of anilines is 1. The van der Waals surface area contributed by atoms with Crippen molar-refractivity contribution < 1.29 is 19.1 Å². The van der Waals surface area contributed by atoms with E-state index in [9.17, 15) is 9.59 Å². The Balaban J connectivity index is 1.96. The van der Waals surface area contributed by atoms with E-state index in [0.29, 0.717) is 24.7 Å². The number of carbonyl (C=O) groups excluding carboxylic acids is 2. The van der Waals surface area contributed by atoms with E-state index < -0.39 is 11.8 Å². The van der Waals surface area contributed by atoms with Crippen molar-refractivity contribution >= 4 is 17.5 Å². The van der Waals surface area contributed by atoms with Gasteiger partial charge in [-0.15, -0.1) is 0 Å². The number of hydrogen-bond acceptors (Lipinski definition) is 4. The first-order valence-electron chi connectivity index (χ1n) is 8.40. The summed E-state index contributed by atoms with van der Waals surface area (Å²) >= 11 is 0. The summed E-state index contributed by atoms with van der Waals surface area (Å²) in [6.07, 6.45) is 0. The summed E-state index contributed by atoms with van der Waals surface area (Å²) in [5, 5.41) is 5.28. The summed E-state index contributed by atoms with van der Waals surface area (Å²) < 4.78 is 10.5. The molecule has 6 nitrogen and oxygen atoms in total. The fourth-order valence-electron chi connectivity index (χ4n) is 2.31. The number of amides is 2. The van der Waals surface area contributed by atoms with Crippen molar-refractivity contribution in [1.29, 1.82) is 0 Å². The molecule has 26 heavy (non-hydrogen) atoms. The number of methoxy groups -OCH3 is 1. The van der Waals surface area contributed by atoms with Crippen LogP contribution in [0.3, 0.4) is 0 Å². The average Bonchev–Trinajstić information content (AvgIpc) is 2.63. The molecule has 0 bridgehead atoms. The van der Waals surface area contributed by atoms with Gasteiger partial charge in [-0.3, -0.25) is 9.59 Å². The topological polar surface area (TPSA) is 76.7 Å². The molecule has 0 spiro atoms. The third-order valence-corrected chi connectivity index (χ3v) is 3.81. The van der Waals surface area contributed by atoms with Gasteiger partial charge in [0.2, 0.25) is 0 Å². The lowest BCUT2D eigenvalue weighted by molar-refractivity contribution is -0.136. The molecule has 0 fully saturated rings. The molecule has 0 saturated heterocycles. The van der Waals surface area contributed by atoms with Crippen LogP contribution in [0.4, 0.5) is 5.69 Å². The van der Waals surface area contributed by atoms with Crippen molar-refractivity contribution in [2.45, 2.75) is 19.9 Å². The lowest BCUT2D eigenvalue weighted by atomic mass is 10.1. The molecular formula is C20H24N2O4. The fraction of sp³-hybridized carbons (Fsp3) is 0.300. The molecule has 0 heterocycles. The van der Waals surface area contributed by atoms with Crippen molar-refractivity contribution in [3.05, 3.63) is 59.7 Å². The Morgan fingerprint density at radius 1 is 1.00 bits per heavy atom. The Morgan fingerprint density at radius 3 is 2.38 bits per heavy atom. The molecule has 0 radical (unpaired) electrons. The maximum atomic E-state index is 12.2. The number of ether oxygens (including phenoxy) is 2. The summed E-state index contributed by atoms with van der Waals surface area (Å²) in [5.74, 6) is -0.964. The van der Waals surface area contributed by atoms with Crippen LogP contribution in [-0.4, -0.2) is 32.1 Å². The van der Waals surface area contributed by atoms with Crippen LogP contribution in [0.15, 0.2) is 48.5 Å². The van der Waals surface area contributed by atoms with Crippen LogP contribution >= 0.6 is 0 Å². The van der Waals surface area contributed by atoms with Gasteiger partial charge in [-0.2, -0.15) is 0 Å². The second-order valence-electron chi connectivity index (χ2n) is 5.90. The van der Waals surface area contributed by atoms with E-state index in [4.69, 9.17) is 9.47 Å². The van der Waals surface area contributed by atoms with Crippen LogP contribution in [0.25, 0.3) is 0 Å². The molecule has 0 aromatic heterocycles. The third-order valence-electron chi connectivity index (χ3n) is 3.81. The Hall–Kier alpha value is -2.86. The lowest BCUT2D eigenvalue weighted by Crippen LogP contribution is -2.37. The van der Waals surface area contributed by atoms with Crippen molar-refractivity contribution in [1.82, 2.24) is 5.32 Å². The Morgan fingerprint density at radius 2 is 1.69 bits per heavy atom. The van der Waals surface area contributed by atoms with E-state index in [1.807, 2.05) is 38.1 Å². The van der Waals surface area contributed by atoms with E-state index in [-0.39, 0.29) is 6.04 Å². The van der Waals surface area contributed by atoms with Gasteiger partial charge >= 0.3 is 11.8 Å². The first-order valence-corrected chi connectivity index (χ1v) is 8.40. The summed E-state index contributed by atoms with van der Waals surface area (Å²) in [6.45, 7) is 4.60. The smallest absolute Gasteiger partial charge is 0.313 e. The molecule has 138 valence electrons. The molecule has 0 aliphatic heterocycles. The van der Waals surface area contributed by atoms with Crippen molar-refractivity contribution in [3.63, 3.8) is 0 Å². The Labute approximate surface area is 153 Å². The lowest BCUT2D eigenvalue weighted by Gasteiger charge is -2.15. The van der Waals surface area contributed by atoms with Gasteiger partial charge in [-0.05, 0) is 31.5 Å². The van der Waals surface area contributed by atoms with Gasteiger partial charge in [0.1, 0.15) is 12.4 Å².